The van der Waals surface area contributed by atoms with Gasteiger partial charge in [-0.05, 0) is 33.1 Å². The Bertz CT molecular complexity index is 513. The predicted molar refractivity (Wildman–Crippen MR) is 104 cm³/mol. The fraction of sp³-hybridized carbons (Fsp3) is 0.778. The Morgan fingerprint density at radius 3 is 2.84 bits per heavy atom. The summed E-state index contributed by atoms with van der Waals surface area (Å²) in [6.07, 6.45) is 4.36. The Balaban J connectivity index is 1.75. The van der Waals surface area contributed by atoms with E-state index in [1.807, 2.05) is 6.92 Å². The number of aliphatic imine (C=N–C) groups is 1. The van der Waals surface area contributed by atoms with Crippen molar-refractivity contribution in [2.45, 2.75) is 45.6 Å². The molecule has 0 bridgehead atoms. The van der Waals surface area contributed by atoms with E-state index in [4.69, 9.17) is 14.5 Å². The SMILES string of the molecule is CCNC(=NCCc1csc(C)n1)N1CCC(OCCCOC)CC1. The second-order valence-electron chi connectivity index (χ2n) is 6.25. The number of aryl methyl sites for hydroxylation is 1. The fourth-order valence-electron chi connectivity index (χ4n) is 2.91. The molecule has 1 N–H and O–H groups in total. The molecular formula is C18H32N4O2S. The second kappa shape index (κ2) is 11.4. The number of rotatable bonds is 9. The molecule has 2 rings (SSSR count). The maximum Gasteiger partial charge on any atom is 0.193 e. The molecular weight excluding hydrogens is 336 g/mol. The number of likely N-dealkylation sites (tertiary alicyclic amines) is 1. The first-order chi connectivity index (χ1) is 12.2. The highest BCUT2D eigenvalue weighted by molar-refractivity contribution is 7.09. The third-order valence-electron chi connectivity index (χ3n) is 4.22. The average Bonchev–Trinajstić information content (AvgIpc) is 3.04. The molecule has 25 heavy (non-hydrogen) atoms. The van der Waals surface area contributed by atoms with Gasteiger partial charge in [0.2, 0.25) is 0 Å². The quantitative estimate of drug-likeness (QED) is 0.412. The van der Waals surface area contributed by atoms with E-state index >= 15 is 0 Å². The molecule has 0 amide bonds. The Kier molecular flexibility index (Phi) is 9.21. The average molecular weight is 369 g/mol. The fourth-order valence-corrected chi connectivity index (χ4v) is 3.56. The van der Waals surface area contributed by atoms with Gasteiger partial charge in [0.25, 0.3) is 0 Å². The second-order valence-corrected chi connectivity index (χ2v) is 7.31. The molecule has 1 saturated heterocycles. The molecule has 1 fully saturated rings. The molecule has 0 atom stereocenters. The Labute approximate surface area is 155 Å². The van der Waals surface area contributed by atoms with Crippen molar-refractivity contribution in [2.24, 2.45) is 4.99 Å². The van der Waals surface area contributed by atoms with E-state index in [0.717, 1.165) is 81.7 Å². The topological polar surface area (TPSA) is 59.0 Å². The van der Waals surface area contributed by atoms with E-state index in [1.54, 1.807) is 18.4 Å². The van der Waals surface area contributed by atoms with Gasteiger partial charge in [0, 0.05) is 58.3 Å². The minimum Gasteiger partial charge on any atom is -0.385 e. The first kappa shape index (κ1) is 20.1. The van der Waals surface area contributed by atoms with E-state index in [9.17, 15) is 0 Å². The summed E-state index contributed by atoms with van der Waals surface area (Å²) in [5, 5.41) is 6.67. The highest BCUT2D eigenvalue weighted by atomic mass is 32.1. The van der Waals surface area contributed by atoms with Crippen LogP contribution < -0.4 is 5.32 Å². The van der Waals surface area contributed by atoms with Gasteiger partial charge in [-0.2, -0.15) is 0 Å². The summed E-state index contributed by atoms with van der Waals surface area (Å²) in [5.41, 5.74) is 1.14. The lowest BCUT2D eigenvalue weighted by atomic mass is 10.1. The molecule has 2 heterocycles. The maximum atomic E-state index is 5.94. The minimum absolute atomic E-state index is 0.369. The summed E-state index contributed by atoms with van der Waals surface area (Å²) in [6.45, 7) is 9.39. The lowest BCUT2D eigenvalue weighted by molar-refractivity contribution is 0.00991. The number of thiazole rings is 1. The van der Waals surface area contributed by atoms with Gasteiger partial charge < -0.3 is 19.7 Å². The van der Waals surface area contributed by atoms with Gasteiger partial charge in [0.1, 0.15) is 0 Å². The number of hydrogen-bond acceptors (Lipinski definition) is 5. The van der Waals surface area contributed by atoms with E-state index in [2.05, 4.69) is 27.5 Å². The van der Waals surface area contributed by atoms with E-state index in [-0.39, 0.29) is 0 Å². The predicted octanol–water partition coefficient (Wildman–Crippen LogP) is 2.48. The molecule has 0 aliphatic carbocycles. The van der Waals surface area contributed by atoms with Crippen LogP contribution in [0.3, 0.4) is 0 Å². The van der Waals surface area contributed by atoms with Gasteiger partial charge in [-0.3, -0.25) is 4.99 Å². The van der Waals surface area contributed by atoms with Crippen LogP contribution in [0.25, 0.3) is 0 Å². The molecule has 142 valence electrons. The van der Waals surface area contributed by atoms with Crippen LogP contribution in [-0.2, 0) is 15.9 Å². The number of aromatic nitrogens is 1. The monoisotopic (exact) mass is 368 g/mol. The van der Waals surface area contributed by atoms with Crippen LogP contribution in [0, 0.1) is 6.92 Å². The largest absolute Gasteiger partial charge is 0.385 e. The molecule has 0 saturated carbocycles. The molecule has 1 aliphatic heterocycles. The Morgan fingerprint density at radius 2 is 2.20 bits per heavy atom. The van der Waals surface area contributed by atoms with Crippen LogP contribution >= 0.6 is 11.3 Å². The Hall–Kier alpha value is -1.18. The number of hydrogen-bond donors (Lipinski definition) is 1. The number of nitrogens with one attached hydrogen (secondary N) is 1. The Morgan fingerprint density at radius 1 is 1.40 bits per heavy atom. The number of nitrogens with zero attached hydrogens (tertiary/aromatic N) is 3. The van der Waals surface area contributed by atoms with Crippen molar-refractivity contribution in [3.8, 4) is 0 Å². The molecule has 0 radical (unpaired) electrons. The molecule has 0 unspecified atom stereocenters. The van der Waals surface area contributed by atoms with Crippen LogP contribution in [0.15, 0.2) is 10.4 Å². The van der Waals surface area contributed by atoms with Crippen molar-refractivity contribution in [1.29, 1.82) is 0 Å². The van der Waals surface area contributed by atoms with Crippen molar-refractivity contribution >= 4 is 17.3 Å². The minimum atomic E-state index is 0.369. The summed E-state index contributed by atoms with van der Waals surface area (Å²) < 4.78 is 11.0. The van der Waals surface area contributed by atoms with Gasteiger partial charge in [0.05, 0.1) is 16.8 Å². The van der Waals surface area contributed by atoms with Crippen LogP contribution in [0.2, 0.25) is 0 Å². The molecule has 6 nitrogen and oxygen atoms in total. The molecule has 1 aromatic rings. The van der Waals surface area contributed by atoms with Crippen LogP contribution in [0.4, 0.5) is 0 Å². The molecule has 0 aromatic carbocycles. The van der Waals surface area contributed by atoms with Crippen molar-refractivity contribution in [1.82, 2.24) is 15.2 Å². The van der Waals surface area contributed by atoms with Crippen LogP contribution in [-0.4, -0.2) is 68.4 Å². The summed E-state index contributed by atoms with van der Waals surface area (Å²) >= 11 is 1.70. The van der Waals surface area contributed by atoms with Gasteiger partial charge >= 0.3 is 0 Å². The van der Waals surface area contributed by atoms with Gasteiger partial charge in [-0.25, -0.2) is 4.98 Å². The van der Waals surface area contributed by atoms with E-state index < -0.39 is 0 Å². The normalized spacial score (nSPS) is 16.4. The molecule has 1 aliphatic rings. The summed E-state index contributed by atoms with van der Waals surface area (Å²) in [6, 6.07) is 0. The van der Waals surface area contributed by atoms with E-state index in [0.29, 0.717) is 6.10 Å². The van der Waals surface area contributed by atoms with Crippen molar-refractivity contribution in [3.63, 3.8) is 0 Å². The van der Waals surface area contributed by atoms with E-state index in [1.165, 1.54) is 0 Å². The summed E-state index contributed by atoms with van der Waals surface area (Å²) in [4.78, 5) is 11.7. The zero-order valence-electron chi connectivity index (χ0n) is 15.8. The highest BCUT2D eigenvalue weighted by Gasteiger charge is 2.21. The lowest BCUT2D eigenvalue weighted by Crippen LogP contribution is -2.47. The first-order valence-electron chi connectivity index (χ1n) is 9.27. The number of ether oxygens (including phenoxy) is 2. The van der Waals surface area contributed by atoms with Crippen molar-refractivity contribution < 1.29 is 9.47 Å². The van der Waals surface area contributed by atoms with Crippen molar-refractivity contribution in [2.75, 3.05) is 46.5 Å². The number of guanidine groups is 1. The van der Waals surface area contributed by atoms with Gasteiger partial charge in [-0.15, -0.1) is 11.3 Å². The van der Waals surface area contributed by atoms with Crippen LogP contribution in [0.5, 0.6) is 0 Å². The van der Waals surface area contributed by atoms with Gasteiger partial charge in [0.15, 0.2) is 5.96 Å². The third-order valence-corrected chi connectivity index (χ3v) is 5.04. The number of piperidine rings is 1. The lowest BCUT2D eigenvalue weighted by Gasteiger charge is -2.34. The molecule has 0 spiro atoms. The van der Waals surface area contributed by atoms with Gasteiger partial charge in [-0.1, -0.05) is 0 Å². The summed E-state index contributed by atoms with van der Waals surface area (Å²) in [7, 11) is 1.73. The maximum absolute atomic E-state index is 5.94. The number of methoxy groups -OCH3 is 1. The third kappa shape index (κ3) is 7.30. The summed E-state index contributed by atoms with van der Waals surface area (Å²) in [5.74, 6) is 1.02. The highest BCUT2D eigenvalue weighted by Crippen LogP contribution is 2.14. The molecule has 7 heteroatoms. The molecule has 1 aromatic heterocycles. The zero-order valence-corrected chi connectivity index (χ0v) is 16.6. The van der Waals surface area contributed by atoms with Crippen LogP contribution in [0.1, 0.15) is 36.9 Å². The zero-order chi connectivity index (χ0) is 17.9. The standard InChI is InChI=1S/C18H32N4O2S/c1-4-19-18(20-9-6-16-14-25-15(2)21-16)22-10-7-17(8-11-22)24-13-5-12-23-3/h14,17H,4-13H2,1-3H3,(H,19,20). The smallest absolute Gasteiger partial charge is 0.193 e. The van der Waals surface area contributed by atoms with Crippen molar-refractivity contribution in [3.05, 3.63) is 16.1 Å². The first-order valence-corrected chi connectivity index (χ1v) is 10.2.